The van der Waals surface area contributed by atoms with Crippen LogP contribution in [0, 0.1) is 5.41 Å². The first-order chi connectivity index (χ1) is 10.3. The standard InChI is InChI=1S/C21H30O/c1-16(14-18(3)15-17(2)11-13-22)9-10-20-19(4)8-7-12-21(20,5)6/h9-11,13-15H,7-8,12H2,1-6H3/b10-9+,16-14-,17-11+,18-15+. The van der Waals surface area contributed by atoms with Gasteiger partial charge < -0.3 is 0 Å². The molecule has 0 aromatic heterocycles. The zero-order chi connectivity index (χ0) is 16.8. The molecular formula is C21H30O. The van der Waals surface area contributed by atoms with Gasteiger partial charge in [0.2, 0.25) is 0 Å². The Kier molecular flexibility index (Phi) is 6.80. The first-order valence-corrected chi connectivity index (χ1v) is 8.13. The van der Waals surface area contributed by atoms with Gasteiger partial charge in [-0.05, 0) is 69.6 Å². The Bertz CT molecular complexity index is 563. The van der Waals surface area contributed by atoms with E-state index in [1.807, 2.05) is 13.0 Å². The van der Waals surface area contributed by atoms with Crippen LogP contribution in [0.2, 0.25) is 0 Å². The summed E-state index contributed by atoms with van der Waals surface area (Å²) in [5.41, 5.74) is 6.67. The maximum atomic E-state index is 10.5. The van der Waals surface area contributed by atoms with Crippen molar-refractivity contribution in [2.24, 2.45) is 5.41 Å². The zero-order valence-electron chi connectivity index (χ0n) is 15.0. The molecule has 1 heteroatoms. The van der Waals surface area contributed by atoms with Gasteiger partial charge in [0.25, 0.3) is 0 Å². The van der Waals surface area contributed by atoms with Crippen molar-refractivity contribution >= 4 is 6.29 Å². The molecule has 0 saturated heterocycles. The molecule has 0 atom stereocenters. The normalized spacial score (nSPS) is 20.7. The van der Waals surface area contributed by atoms with Gasteiger partial charge in [0.15, 0.2) is 0 Å². The second-order valence-corrected chi connectivity index (χ2v) is 7.09. The Balaban J connectivity index is 2.91. The van der Waals surface area contributed by atoms with Gasteiger partial charge in [-0.15, -0.1) is 0 Å². The van der Waals surface area contributed by atoms with E-state index in [0.717, 1.165) is 17.4 Å². The number of carbonyl (C=O) groups is 1. The fraction of sp³-hybridized carbons (Fsp3) is 0.476. The van der Waals surface area contributed by atoms with E-state index in [1.165, 1.54) is 36.0 Å². The predicted molar refractivity (Wildman–Crippen MR) is 96.8 cm³/mol. The third-order valence-electron chi connectivity index (χ3n) is 4.30. The molecule has 0 radical (unpaired) electrons. The molecule has 0 fully saturated rings. The average molecular weight is 298 g/mol. The van der Waals surface area contributed by atoms with Crippen molar-refractivity contribution in [1.82, 2.24) is 0 Å². The molecule has 1 nitrogen and oxygen atoms in total. The summed E-state index contributed by atoms with van der Waals surface area (Å²) in [6, 6.07) is 0. The third kappa shape index (κ3) is 5.63. The van der Waals surface area contributed by atoms with E-state index in [-0.39, 0.29) is 5.41 Å². The highest BCUT2D eigenvalue weighted by molar-refractivity contribution is 5.67. The third-order valence-corrected chi connectivity index (χ3v) is 4.30. The van der Waals surface area contributed by atoms with Crippen LogP contribution in [0.1, 0.15) is 60.8 Å². The lowest BCUT2D eigenvalue weighted by molar-refractivity contribution is -0.104. The lowest BCUT2D eigenvalue weighted by Gasteiger charge is -2.32. The minimum absolute atomic E-state index is 0.285. The summed E-state index contributed by atoms with van der Waals surface area (Å²) in [5, 5.41) is 0. The van der Waals surface area contributed by atoms with Crippen LogP contribution >= 0.6 is 0 Å². The number of carbonyl (C=O) groups excluding carboxylic acids is 1. The molecule has 0 aromatic rings. The Morgan fingerprint density at radius 3 is 2.27 bits per heavy atom. The Morgan fingerprint density at radius 1 is 1.05 bits per heavy atom. The summed E-state index contributed by atoms with van der Waals surface area (Å²) >= 11 is 0. The van der Waals surface area contributed by atoms with Crippen molar-refractivity contribution in [1.29, 1.82) is 0 Å². The lowest BCUT2D eigenvalue weighted by atomic mass is 9.72. The summed E-state index contributed by atoms with van der Waals surface area (Å²) < 4.78 is 0. The average Bonchev–Trinajstić information content (AvgIpc) is 2.37. The zero-order valence-corrected chi connectivity index (χ0v) is 15.0. The molecule has 0 aliphatic heterocycles. The molecule has 0 N–H and O–H groups in total. The predicted octanol–water partition coefficient (Wildman–Crippen LogP) is 6.11. The smallest absolute Gasteiger partial charge is 0.143 e. The van der Waals surface area contributed by atoms with E-state index >= 15 is 0 Å². The Labute approximate surface area is 136 Å². The van der Waals surface area contributed by atoms with Gasteiger partial charge in [-0.2, -0.15) is 0 Å². The van der Waals surface area contributed by atoms with Gasteiger partial charge in [0.1, 0.15) is 6.29 Å². The highest BCUT2D eigenvalue weighted by Gasteiger charge is 2.26. The maximum Gasteiger partial charge on any atom is 0.143 e. The van der Waals surface area contributed by atoms with Crippen molar-refractivity contribution in [2.75, 3.05) is 0 Å². The van der Waals surface area contributed by atoms with E-state index in [0.29, 0.717) is 0 Å². The molecule has 0 heterocycles. The van der Waals surface area contributed by atoms with Gasteiger partial charge >= 0.3 is 0 Å². The second-order valence-electron chi connectivity index (χ2n) is 7.09. The summed E-state index contributed by atoms with van der Waals surface area (Å²) in [6.07, 6.45) is 14.9. The summed E-state index contributed by atoms with van der Waals surface area (Å²) in [5.74, 6) is 0. The molecule has 0 bridgehead atoms. The maximum absolute atomic E-state index is 10.5. The molecule has 0 aromatic carbocycles. The molecule has 1 aliphatic rings. The largest absolute Gasteiger partial charge is 0.299 e. The van der Waals surface area contributed by atoms with Crippen LogP contribution in [0.3, 0.4) is 0 Å². The monoisotopic (exact) mass is 298 g/mol. The topological polar surface area (TPSA) is 17.1 Å². The summed E-state index contributed by atoms with van der Waals surface area (Å²) in [4.78, 5) is 10.5. The molecule has 0 unspecified atom stereocenters. The molecule has 1 rings (SSSR count). The molecular weight excluding hydrogens is 268 g/mol. The quantitative estimate of drug-likeness (QED) is 0.340. The van der Waals surface area contributed by atoms with Crippen molar-refractivity contribution in [3.63, 3.8) is 0 Å². The summed E-state index contributed by atoms with van der Waals surface area (Å²) in [7, 11) is 0. The van der Waals surface area contributed by atoms with Gasteiger partial charge in [0, 0.05) is 0 Å². The van der Waals surface area contributed by atoms with Crippen LogP contribution in [0.15, 0.2) is 58.2 Å². The van der Waals surface area contributed by atoms with E-state index in [9.17, 15) is 4.79 Å². The lowest BCUT2D eigenvalue weighted by Crippen LogP contribution is -2.19. The summed E-state index contributed by atoms with van der Waals surface area (Å²) in [6.45, 7) is 13.1. The van der Waals surface area contributed by atoms with Crippen LogP contribution < -0.4 is 0 Å². The van der Waals surface area contributed by atoms with Crippen LogP contribution in [0.4, 0.5) is 0 Å². The van der Waals surface area contributed by atoms with Gasteiger partial charge in [-0.25, -0.2) is 0 Å². The van der Waals surface area contributed by atoms with Gasteiger partial charge in [-0.1, -0.05) is 54.9 Å². The SMILES string of the molecule is CC1=C(/C=C/C(C)=C\C(C)=C\C(C)=C\C=O)C(C)(C)CCC1. The molecule has 22 heavy (non-hydrogen) atoms. The fourth-order valence-corrected chi connectivity index (χ4v) is 3.19. The Hall–Kier alpha value is -1.63. The Morgan fingerprint density at radius 2 is 1.68 bits per heavy atom. The molecule has 0 saturated carbocycles. The number of allylic oxidation sites excluding steroid dienone is 10. The highest BCUT2D eigenvalue weighted by Crippen LogP contribution is 2.40. The first kappa shape index (κ1) is 18.4. The van der Waals surface area contributed by atoms with E-state index in [1.54, 1.807) is 6.08 Å². The minimum Gasteiger partial charge on any atom is -0.299 e. The molecule has 0 spiro atoms. The number of rotatable bonds is 5. The highest BCUT2D eigenvalue weighted by atomic mass is 16.1. The van der Waals surface area contributed by atoms with Crippen molar-refractivity contribution < 1.29 is 4.79 Å². The van der Waals surface area contributed by atoms with Gasteiger partial charge in [0.05, 0.1) is 0 Å². The number of aldehydes is 1. The van der Waals surface area contributed by atoms with E-state index in [4.69, 9.17) is 0 Å². The molecule has 0 amide bonds. The second kappa shape index (κ2) is 8.12. The van der Waals surface area contributed by atoms with Crippen LogP contribution in [-0.2, 0) is 4.79 Å². The van der Waals surface area contributed by atoms with Crippen molar-refractivity contribution in [2.45, 2.75) is 60.8 Å². The van der Waals surface area contributed by atoms with Crippen LogP contribution in [0.25, 0.3) is 0 Å². The number of hydrogen-bond acceptors (Lipinski definition) is 1. The fourth-order valence-electron chi connectivity index (χ4n) is 3.19. The molecule has 1 aliphatic carbocycles. The van der Waals surface area contributed by atoms with Crippen molar-refractivity contribution in [3.8, 4) is 0 Å². The van der Waals surface area contributed by atoms with E-state index in [2.05, 4.69) is 52.8 Å². The number of hydrogen-bond donors (Lipinski definition) is 0. The van der Waals surface area contributed by atoms with Crippen molar-refractivity contribution in [3.05, 3.63) is 58.2 Å². The first-order valence-electron chi connectivity index (χ1n) is 8.13. The van der Waals surface area contributed by atoms with Crippen LogP contribution in [0.5, 0.6) is 0 Å². The minimum atomic E-state index is 0.285. The van der Waals surface area contributed by atoms with E-state index < -0.39 is 0 Å². The van der Waals surface area contributed by atoms with Crippen LogP contribution in [-0.4, -0.2) is 6.29 Å². The van der Waals surface area contributed by atoms with Gasteiger partial charge in [-0.3, -0.25) is 4.79 Å². The molecule has 120 valence electrons.